The number of rotatable bonds is 8. The van der Waals surface area contributed by atoms with Crippen molar-refractivity contribution >= 4 is 46.1 Å². The molecule has 0 bridgehead atoms. The number of benzene rings is 3. The van der Waals surface area contributed by atoms with Gasteiger partial charge in [-0.2, -0.15) is 0 Å². The molecule has 0 aliphatic carbocycles. The molecule has 6 aromatic rings. The molecule has 9 rings (SSSR count). The zero-order chi connectivity index (χ0) is 38.4. The number of carbonyl (C=O) groups excluding carboxylic acids is 3. The zero-order valence-electron chi connectivity index (χ0n) is 30.7. The number of nitrogens with zero attached hydrogens (tertiary/aromatic N) is 6. The fourth-order valence-electron chi connectivity index (χ4n) is 8.01. The molecule has 3 aliphatic heterocycles. The van der Waals surface area contributed by atoms with E-state index < -0.39 is 5.82 Å². The van der Waals surface area contributed by atoms with Crippen molar-refractivity contribution in [1.29, 1.82) is 0 Å². The Morgan fingerprint density at radius 1 is 0.946 bits per heavy atom. The molecule has 2 amide bonds. The molecule has 0 radical (unpaired) electrons. The molecule has 1 N–H and O–H groups in total. The molecule has 3 aromatic carbocycles. The summed E-state index contributed by atoms with van der Waals surface area (Å²) in [6.45, 7) is 5.68. The van der Waals surface area contributed by atoms with Gasteiger partial charge >= 0.3 is 0 Å². The van der Waals surface area contributed by atoms with Crippen LogP contribution in [0.4, 0.5) is 21.6 Å². The maximum Gasteiger partial charge on any atom is 0.259 e. The van der Waals surface area contributed by atoms with Gasteiger partial charge in [0.1, 0.15) is 17.3 Å². The third-order valence-corrected chi connectivity index (χ3v) is 12.2. The predicted octanol–water partition coefficient (Wildman–Crippen LogP) is 7.20. The molecule has 13 heteroatoms. The van der Waals surface area contributed by atoms with E-state index in [9.17, 15) is 18.8 Å². The smallest absolute Gasteiger partial charge is 0.259 e. The summed E-state index contributed by atoms with van der Waals surface area (Å²) in [6.07, 6.45) is 4.18. The molecule has 2 fully saturated rings. The van der Waals surface area contributed by atoms with Gasteiger partial charge in [-0.3, -0.25) is 14.4 Å². The van der Waals surface area contributed by atoms with Crippen molar-refractivity contribution in [3.05, 3.63) is 142 Å². The molecule has 11 nitrogen and oxygen atoms in total. The van der Waals surface area contributed by atoms with Gasteiger partial charge in [-0.05, 0) is 98.0 Å². The van der Waals surface area contributed by atoms with E-state index >= 15 is 0 Å². The molecule has 0 unspecified atom stereocenters. The summed E-state index contributed by atoms with van der Waals surface area (Å²) in [4.78, 5) is 51.3. The van der Waals surface area contributed by atoms with Gasteiger partial charge in [0.25, 0.3) is 11.8 Å². The Balaban J connectivity index is 0.924. The van der Waals surface area contributed by atoms with Gasteiger partial charge in [0.15, 0.2) is 0 Å². The average Bonchev–Trinajstić information content (AvgIpc) is 3.76. The second-order valence-electron chi connectivity index (χ2n) is 14.7. The lowest BCUT2D eigenvalue weighted by atomic mass is 9.73. The Labute approximate surface area is 326 Å². The summed E-state index contributed by atoms with van der Waals surface area (Å²) in [5.41, 5.74) is 5.58. The van der Waals surface area contributed by atoms with Crippen LogP contribution in [0.3, 0.4) is 0 Å². The maximum atomic E-state index is 14.9. The zero-order valence-corrected chi connectivity index (χ0v) is 31.5. The predicted molar refractivity (Wildman–Crippen MR) is 212 cm³/mol. The third-order valence-electron chi connectivity index (χ3n) is 11.0. The highest BCUT2D eigenvalue weighted by atomic mass is 32.1. The summed E-state index contributed by atoms with van der Waals surface area (Å²) in [7, 11) is 0. The van der Waals surface area contributed by atoms with Crippen molar-refractivity contribution < 1.29 is 23.5 Å². The fourth-order valence-corrected chi connectivity index (χ4v) is 9.20. The van der Waals surface area contributed by atoms with Gasteiger partial charge in [-0.25, -0.2) is 14.1 Å². The number of ether oxygens (including phenoxy) is 1. The summed E-state index contributed by atoms with van der Waals surface area (Å²) >= 11 is 1.32. The molecule has 0 atom stereocenters. The summed E-state index contributed by atoms with van der Waals surface area (Å²) in [6, 6.07) is 26.3. The van der Waals surface area contributed by atoms with Crippen LogP contribution < -0.4 is 15.1 Å². The van der Waals surface area contributed by atoms with Gasteiger partial charge in [-0.15, -0.1) is 16.4 Å². The number of pyridine rings is 1. The Bertz CT molecular complexity index is 2470. The van der Waals surface area contributed by atoms with E-state index in [1.807, 2.05) is 36.4 Å². The van der Waals surface area contributed by atoms with Crippen LogP contribution in [0, 0.1) is 18.2 Å². The molecule has 3 aliphatic rings. The number of aromatic nitrogens is 4. The van der Waals surface area contributed by atoms with Gasteiger partial charge in [0.05, 0.1) is 28.4 Å². The highest BCUT2D eigenvalue weighted by Crippen LogP contribution is 2.44. The number of anilines is 3. The highest BCUT2D eigenvalue weighted by Gasteiger charge is 2.45. The molecule has 2 saturated heterocycles. The van der Waals surface area contributed by atoms with Gasteiger partial charge in [0.2, 0.25) is 5.78 Å². The van der Waals surface area contributed by atoms with E-state index in [-0.39, 0.29) is 29.6 Å². The maximum absolute atomic E-state index is 14.9. The first-order valence-corrected chi connectivity index (χ1v) is 19.5. The molecule has 1 spiro atoms. The van der Waals surface area contributed by atoms with Crippen LogP contribution >= 0.6 is 11.3 Å². The first-order chi connectivity index (χ1) is 27.2. The minimum absolute atomic E-state index is 0.186. The summed E-state index contributed by atoms with van der Waals surface area (Å²) < 4.78 is 22.1. The molecule has 3 aromatic heterocycles. The lowest BCUT2D eigenvalue weighted by Gasteiger charge is -2.53. The number of thiophene rings is 1. The number of hydrogen-bond donors (Lipinski definition) is 1. The number of amides is 2. The Morgan fingerprint density at radius 3 is 2.52 bits per heavy atom. The number of carbonyl (C=O) groups is 3. The molecule has 56 heavy (non-hydrogen) atoms. The number of hydrogen-bond acceptors (Lipinski definition) is 9. The van der Waals surface area contributed by atoms with Crippen LogP contribution in [0.25, 0.3) is 10.4 Å². The van der Waals surface area contributed by atoms with Crippen LogP contribution in [0.1, 0.15) is 65.7 Å². The minimum atomic E-state index is -0.474. The van der Waals surface area contributed by atoms with Crippen molar-refractivity contribution in [3.8, 4) is 10.4 Å². The largest absolute Gasteiger partial charge is 0.381 e. The number of nitrogens with one attached hydrogen (secondary N) is 1. The first-order valence-electron chi connectivity index (χ1n) is 18.7. The molecule has 6 heterocycles. The molecule has 282 valence electrons. The lowest BCUT2D eigenvalue weighted by Crippen LogP contribution is -2.59. The van der Waals surface area contributed by atoms with E-state index in [0.29, 0.717) is 63.1 Å². The van der Waals surface area contributed by atoms with E-state index in [1.54, 1.807) is 65.2 Å². The fraction of sp³-hybridized carbons (Fsp3) is 0.256. The monoisotopic (exact) mass is 767 g/mol. The Hall–Kier alpha value is -6.05. The topological polar surface area (TPSA) is 123 Å². The standard InChI is InChI=1S/C43H38FN7O4S/c1-27-37(51(48-47-27)24-28-6-3-2-4-7-28)38(52)36-22-30-15-19-50(35-23-31(44)11-14-33(35)39(30)56-36)42(54)29-9-12-32(13-10-29)46-41(53)34-8-5-18-45-40(34)49-25-43(26-49)16-20-55-21-17-43/h2-14,18,22-23H,15-17,19-21,24-26H2,1H3,(H,46,53). The number of halogens is 1. The van der Waals surface area contributed by atoms with Crippen LogP contribution in [-0.4, -0.2) is 70.4 Å². The van der Waals surface area contributed by atoms with E-state index in [0.717, 1.165) is 55.1 Å². The second-order valence-corrected chi connectivity index (χ2v) is 15.8. The lowest BCUT2D eigenvalue weighted by molar-refractivity contribution is -0.000510. The van der Waals surface area contributed by atoms with Crippen molar-refractivity contribution in [1.82, 2.24) is 20.0 Å². The van der Waals surface area contributed by atoms with Crippen molar-refractivity contribution in [2.75, 3.05) is 48.0 Å². The third kappa shape index (κ3) is 6.66. The summed E-state index contributed by atoms with van der Waals surface area (Å²) in [5.74, 6) is -0.588. The Kier molecular flexibility index (Phi) is 9.26. The normalized spacial score (nSPS) is 15.8. The molecule has 0 saturated carbocycles. The van der Waals surface area contributed by atoms with Crippen LogP contribution in [-0.2, 0) is 17.7 Å². The van der Waals surface area contributed by atoms with E-state index in [1.165, 1.54) is 23.5 Å². The van der Waals surface area contributed by atoms with Gasteiger partial charge in [-0.1, -0.05) is 35.5 Å². The van der Waals surface area contributed by atoms with Crippen LogP contribution in [0.5, 0.6) is 0 Å². The van der Waals surface area contributed by atoms with E-state index in [4.69, 9.17) is 4.74 Å². The van der Waals surface area contributed by atoms with E-state index in [2.05, 4.69) is 25.5 Å². The first kappa shape index (κ1) is 35.6. The van der Waals surface area contributed by atoms with Gasteiger partial charge in [0, 0.05) is 66.2 Å². The quantitative estimate of drug-likeness (QED) is 0.162. The van der Waals surface area contributed by atoms with Crippen molar-refractivity contribution in [3.63, 3.8) is 0 Å². The highest BCUT2D eigenvalue weighted by molar-refractivity contribution is 7.17. The Morgan fingerprint density at radius 2 is 1.73 bits per heavy atom. The van der Waals surface area contributed by atoms with Crippen LogP contribution in [0.15, 0.2) is 97.2 Å². The molecular formula is C43H38FN7O4S. The van der Waals surface area contributed by atoms with Crippen molar-refractivity contribution in [2.45, 2.75) is 32.7 Å². The number of ketones is 1. The second kappa shape index (κ2) is 14.5. The molecular weight excluding hydrogens is 730 g/mol. The number of fused-ring (bicyclic) bond motifs is 3. The van der Waals surface area contributed by atoms with Gasteiger partial charge < -0.3 is 19.9 Å². The average molecular weight is 768 g/mol. The summed E-state index contributed by atoms with van der Waals surface area (Å²) in [5, 5.41) is 11.4. The number of aryl methyl sites for hydroxylation is 1. The van der Waals surface area contributed by atoms with Crippen molar-refractivity contribution in [2.24, 2.45) is 5.41 Å². The SMILES string of the molecule is Cc1nnn(Cc2ccccc2)c1C(=O)c1cc2c(s1)-c1ccc(F)cc1N(C(=O)c1ccc(NC(=O)c3cccnc3N3CC4(CCOCC4)C3)cc1)CC2. The van der Waals surface area contributed by atoms with Crippen LogP contribution in [0.2, 0.25) is 0 Å². The minimum Gasteiger partial charge on any atom is -0.381 e.